The molecule has 3 heterocycles. The molecule has 5 nitrogen and oxygen atoms in total. The van der Waals surface area contributed by atoms with E-state index in [0.29, 0.717) is 25.5 Å². The Kier molecular flexibility index (Phi) is 5.62. The van der Waals surface area contributed by atoms with Gasteiger partial charge in [-0.25, -0.2) is 4.98 Å². The summed E-state index contributed by atoms with van der Waals surface area (Å²) in [6.07, 6.45) is 1.16. The van der Waals surface area contributed by atoms with Gasteiger partial charge in [0.2, 0.25) is 0 Å². The Morgan fingerprint density at radius 2 is 2.04 bits per heavy atom. The van der Waals surface area contributed by atoms with Crippen molar-refractivity contribution in [1.82, 2.24) is 4.98 Å². The summed E-state index contributed by atoms with van der Waals surface area (Å²) in [7, 11) is 0. The molecule has 0 saturated carbocycles. The first kappa shape index (κ1) is 18.6. The van der Waals surface area contributed by atoms with Crippen LogP contribution < -0.4 is 9.64 Å². The van der Waals surface area contributed by atoms with Crippen LogP contribution in [0, 0.1) is 0 Å². The number of rotatable bonds is 6. The van der Waals surface area contributed by atoms with Gasteiger partial charge in [0.15, 0.2) is 0 Å². The molecule has 4 rings (SSSR count). The third-order valence-electron chi connectivity index (χ3n) is 4.78. The standard InChI is InChI=1S/C21H21F2N3O2/c22-19(23)2-1-9-28-17-4-3-16-14-25-21(18(16)13-17)15-5-6-24-20(12-15)26-7-10-27-11-8-26/h2-6,12-13H,1,7-11,14H2. The molecule has 0 bridgehead atoms. The maximum Gasteiger partial charge on any atom is 0.266 e. The molecule has 1 aromatic carbocycles. The van der Waals surface area contributed by atoms with E-state index in [1.807, 2.05) is 24.3 Å². The Labute approximate surface area is 162 Å². The topological polar surface area (TPSA) is 47.0 Å². The second-order valence-corrected chi connectivity index (χ2v) is 6.62. The second kappa shape index (κ2) is 8.48. The molecule has 1 saturated heterocycles. The lowest BCUT2D eigenvalue weighted by molar-refractivity contribution is 0.122. The fourth-order valence-corrected chi connectivity index (χ4v) is 3.38. The van der Waals surface area contributed by atoms with Crippen LogP contribution in [0.25, 0.3) is 0 Å². The minimum absolute atomic E-state index is 0.174. The monoisotopic (exact) mass is 385 g/mol. The summed E-state index contributed by atoms with van der Waals surface area (Å²) < 4.78 is 35.3. The number of nitrogens with zero attached hydrogens (tertiary/aromatic N) is 3. The third kappa shape index (κ3) is 4.20. The van der Waals surface area contributed by atoms with E-state index in [1.165, 1.54) is 0 Å². The van der Waals surface area contributed by atoms with Crippen LogP contribution >= 0.6 is 0 Å². The molecule has 0 atom stereocenters. The molecule has 0 radical (unpaired) electrons. The molecule has 146 valence electrons. The number of anilines is 1. The van der Waals surface area contributed by atoms with Gasteiger partial charge in [-0.1, -0.05) is 6.07 Å². The van der Waals surface area contributed by atoms with Crippen LogP contribution in [0.4, 0.5) is 14.6 Å². The molecule has 2 aliphatic heterocycles. The molecule has 0 aliphatic carbocycles. The number of benzene rings is 1. The van der Waals surface area contributed by atoms with Gasteiger partial charge < -0.3 is 14.4 Å². The first-order valence-corrected chi connectivity index (χ1v) is 9.31. The highest BCUT2D eigenvalue weighted by Crippen LogP contribution is 2.28. The normalized spacial score (nSPS) is 15.8. The van der Waals surface area contributed by atoms with E-state index >= 15 is 0 Å². The molecule has 28 heavy (non-hydrogen) atoms. The maximum absolute atomic E-state index is 12.1. The Balaban J connectivity index is 1.52. The number of halogens is 2. The molecule has 1 fully saturated rings. The van der Waals surface area contributed by atoms with E-state index in [0.717, 1.165) is 47.4 Å². The highest BCUT2D eigenvalue weighted by Gasteiger charge is 2.20. The van der Waals surface area contributed by atoms with Gasteiger partial charge in [0.25, 0.3) is 6.08 Å². The zero-order valence-corrected chi connectivity index (χ0v) is 15.4. The van der Waals surface area contributed by atoms with Crippen molar-refractivity contribution in [1.29, 1.82) is 0 Å². The minimum atomic E-state index is -1.68. The lowest BCUT2D eigenvalue weighted by Gasteiger charge is -2.28. The summed E-state index contributed by atoms with van der Waals surface area (Å²) in [6.45, 7) is 3.89. The van der Waals surface area contributed by atoms with Gasteiger partial charge in [0, 0.05) is 36.8 Å². The van der Waals surface area contributed by atoms with Gasteiger partial charge in [-0.3, -0.25) is 4.99 Å². The summed E-state index contributed by atoms with van der Waals surface area (Å²) in [5.41, 5.74) is 4.06. The van der Waals surface area contributed by atoms with Crippen molar-refractivity contribution in [2.45, 2.75) is 13.0 Å². The van der Waals surface area contributed by atoms with E-state index < -0.39 is 6.08 Å². The van der Waals surface area contributed by atoms with Crippen LogP contribution in [0.15, 0.2) is 53.7 Å². The van der Waals surface area contributed by atoms with Crippen molar-refractivity contribution < 1.29 is 18.3 Å². The second-order valence-electron chi connectivity index (χ2n) is 6.62. The quantitative estimate of drug-likeness (QED) is 0.710. The highest BCUT2D eigenvalue weighted by atomic mass is 19.3. The largest absolute Gasteiger partial charge is 0.493 e. The van der Waals surface area contributed by atoms with Crippen molar-refractivity contribution in [3.05, 3.63) is 65.4 Å². The SMILES string of the molecule is FC(F)=CCCOc1ccc2c(c1)C(c1ccnc(N3CCOCC3)c1)=NC2. The number of fused-ring (bicyclic) bond motifs is 1. The zero-order valence-electron chi connectivity index (χ0n) is 15.4. The number of aromatic nitrogens is 1. The minimum Gasteiger partial charge on any atom is -0.493 e. The Hall–Kier alpha value is -2.80. The number of hydrogen-bond donors (Lipinski definition) is 0. The van der Waals surface area contributed by atoms with Crippen molar-refractivity contribution in [2.75, 3.05) is 37.8 Å². The smallest absolute Gasteiger partial charge is 0.266 e. The fraction of sp³-hybridized carbons (Fsp3) is 0.333. The van der Waals surface area contributed by atoms with Crippen LogP contribution in [0.2, 0.25) is 0 Å². The molecule has 0 spiro atoms. The Morgan fingerprint density at radius 3 is 2.86 bits per heavy atom. The average Bonchev–Trinajstić information content (AvgIpc) is 3.15. The summed E-state index contributed by atoms with van der Waals surface area (Å²) in [5, 5.41) is 0. The van der Waals surface area contributed by atoms with Gasteiger partial charge >= 0.3 is 0 Å². The number of pyridine rings is 1. The summed E-state index contributed by atoms with van der Waals surface area (Å²) in [6, 6.07) is 9.79. The molecule has 0 unspecified atom stereocenters. The van der Waals surface area contributed by atoms with E-state index in [-0.39, 0.29) is 13.0 Å². The summed E-state index contributed by atoms with van der Waals surface area (Å²) in [5.74, 6) is 1.58. The molecule has 1 aromatic heterocycles. The number of hydrogen-bond acceptors (Lipinski definition) is 5. The molecule has 7 heteroatoms. The average molecular weight is 385 g/mol. The highest BCUT2D eigenvalue weighted by molar-refractivity contribution is 6.15. The molecule has 0 amide bonds. The van der Waals surface area contributed by atoms with Crippen LogP contribution in [-0.4, -0.2) is 43.6 Å². The van der Waals surface area contributed by atoms with Crippen molar-refractivity contribution in [3.63, 3.8) is 0 Å². The van der Waals surface area contributed by atoms with E-state index in [2.05, 4.69) is 16.0 Å². The van der Waals surface area contributed by atoms with Crippen LogP contribution in [0.1, 0.15) is 23.1 Å². The number of aliphatic imine (C=N–C) groups is 1. The van der Waals surface area contributed by atoms with Gasteiger partial charge in [-0.2, -0.15) is 8.78 Å². The summed E-state index contributed by atoms with van der Waals surface area (Å²) in [4.78, 5) is 11.4. The predicted octanol–water partition coefficient (Wildman–Crippen LogP) is 3.82. The fourth-order valence-electron chi connectivity index (χ4n) is 3.38. The van der Waals surface area contributed by atoms with Crippen molar-refractivity contribution in [2.24, 2.45) is 4.99 Å². The molecular weight excluding hydrogens is 364 g/mol. The van der Waals surface area contributed by atoms with Gasteiger partial charge in [0.05, 0.1) is 32.1 Å². The lowest BCUT2D eigenvalue weighted by Crippen LogP contribution is -2.36. The van der Waals surface area contributed by atoms with Crippen molar-refractivity contribution in [3.8, 4) is 5.75 Å². The first-order chi connectivity index (χ1) is 13.7. The Bertz CT molecular complexity index is 904. The predicted molar refractivity (Wildman–Crippen MR) is 103 cm³/mol. The van der Waals surface area contributed by atoms with Gasteiger partial charge in [-0.05, 0) is 35.9 Å². The maximum atomic E-state index is 12.1. The number of ether oxygens (including phenoxy) is 2. The molecule has 2 aromatic rings. The molecular formula is C21H21F2N3O2. The van der Waals surface area contributed by atoms with E-state index in [1.54, 1.807) is 6.20 Å². The van der Waals surface area contributed by atoms with Crippen LogP contribution in [0.5, 0.6) is 5.75 Å². The van der Waals surface area contributed by atoms with E-state index in [9.17, 15) is 8.78 Å². The van der Waals surface area contributed by atoms with Crippen LogP contribution in [0.3, 0.4) is 0 Å². The first-order valence-electron chi connectivity index (χ1n) is 9.31. The molecule has 2 aliphatic rings. The molecule has 0 N–H and O–H groups in total. The third-order valence-corrected chi connectivity index (χ3v) is 4.78. The zero-order chi connectivity index (χ0) is 19.3. The lowest BCUT2D eigenvalue weighted by atomic mass is 10.0. The summed E-state index contributed by atoms with van der Waals surface area (Å²) >= 11 is 0. The van der Waals surface area contributed by atoms with Crippen molar-refractivity contribution >= 4 is 11.5 Å². The van der Waals surface area contributed by atoms with Gasteiger partial charge in [0.1, 0.15) is 11.6 Å². The Morgan fingerprint density at radius 1 is 1.18 bits per heavy atom. The number of morpholine rings is 1. The van der Waals surface area contributed by atoms with E-state index in [4.69, 9.17) is 14.5 Å². The van der Waals surface area contributed by atoms with Gasteiger partial charge in [-0.15, -0.1) is 0 Å². The van der Waals surface area contributed by atoms with Crippen LogP contribution in [-0.2, 0) is 11.3 Å².